The third kappa shape index (κ3) is 3.51. The molecule has 7 nitrogen and oxygen atoms in total. The Hall–Kier alpha value is -1.19. The number of halogens is 2. The van der Waals surface area contributed by atoms with Crippen molar-refractivity contribution in [3.05, 3.63) is 41.7 Å². The lowest BCUT2D eigenvalue weighted by Crippen LogP contribution is -2.49. The maximum absolute atomic E-state index is 12.9. The van der Waals surface area contributed by atoms with E-state index in [1.165, 1.54) is 22.8 Å². The van der Waals surface area contributed by atoms with Crippen LogP contribution < -0.4 is 5.32 Å². The highest BCUT2D eigenvalue weighted by Gasteiger charge is 2.36. The second-order valence-corrected chi connectivity index (χ2v) is 7.40. The Kier molecular flexibility index (Phi) is 5.64. The van der Waals surface area contributed by atoms with Gasteiger partial charge in [0.15, 0.2) is 0 Å². The summed E-state index contributed by atoms with van der Waals surface area (Å²) in [6.45, 7) is 1.47. The molecule has 0 amide bonds. The van der Waals surface area contributed by atoms with Crippen LogP contribution in [0.25, 0.3) is 0 Å². The molecule has 1 aliphatic rings. The van der Waals surface area contributed by atoms with E-state index in [9.17, 15) is 8.42 Å². The number of pyridine rings is 1. The maximum atomic E-state index is 12.9. The van der Waals surface area contributed by atoms with Crippen LogP contribution >= 0.6 is 24.0 Å². The van der Waals surface area contributed by atoms with Crippen molar-refractivity contribution < 1.29 is 8.42 Å². The zero-order valence-corrected chi connectivity index (χ0v) is 14.8. The van der Waals surface area contributed by atoms with E-state index in [1.54, 1.807) is 12.4 Å². The minimum Gasteiger partial charge on any atom is -0.337 e. The van der Waals surface area contributed by atoms with Crippen molar-refractivity contribution in [2.75, 3.05) is 19.6 Å². The van der Waals surface area contributed by atoms with E-state index in [1.807, 2.05) is 11.6 Å². The largest absolute Gasteiger partial charge is 0.337 e. The van der Waals surface area contributed by atoms with Gasteiger partial charge >= 0.3 is 0 Å². The normalized spacial score (nSPS) is 19.3. The Morgan fingerprint density at radius 3 is 2.83 bits per heavy atom. The fourth-order valence-electron chi connectivity index (χ4n) is 2.56. The fraction of sp³-hybridized carbons (Fsp3) is 0.385. The first-order valence-corrected chi connectivity index (χ1v) is 8.62. The van der Waals surface area contributed by atoms with Crippen molar-refractivity contribution >= 4 is 34.0 Å². The van der Waals surface area contributed by atoms with E-state index >= 15 is 0 Å². The van der Waals surface area contributed by atoms with Crippen LogP contribution in [-0.2, 0) is 17.1 Å². The highest BCUT2D eigenvalue weighted by molar-refractivity contribution is 7.89. The molecule has 0 aliphatic carbocycles. The van der Waals surface area contributed by atoms with Gasteiger partial charge in [-0.25, -0.2) is 13.4 Å². The number of sulfonamides is 1. The van der Waals surface area contributed by atoms with E-state index < -0.39 is 10.0 Å². The topological polar surface area (TPSA) is 80.1 Å². The van der Waals surface area contributed by atoms with Gasteiger partial charge in [-0.05, 0) is 6.07 Å². The Balaban J connectivity index is 0.00000192. The van der Waals surface area contributed by atoms with Crippen LogP contribution in [-0.4, -0.2) is 46.9 Å². The Labute approximate surface area is 146 Å². The summed E-state index contributed by atoms with van der Waals surface area (Å²) < 4.78 is 29.1. The predicted molar refractivity (Wildman–Crippen MR) is 89.2 cm³/mol. The number of piperazine rings is 1. The lowest BCUT2D eigenvalue weighted by Gasteiger charge is -2.34. The number of aryl methyl sites for hydroxylation is 1. The van der Waals surface area contributed by atoms with Gasteiger partial charge in [-0.3, -0.25) is 4.98 Å². The monoisotopic (exact) mass is 377 g/mol. The van der Waals surface area contributed by atoms with Crippen LogP contribution in [0.15, 0.2) is 35.7 Å². The molecule has 3 rings (SSSR count). The molecule has 0 radical (unpaired) electrons. The molecule has 10 heteroatoms. The standard InChI is InChI=1S/C13H16ClN5O2S.ClH/c1-18-4-3-17-13(18)12-9-15-2-5-19(12)22(20,21)11-6-10(14)7-16-8-11;/h3-4,6-8,12,15H,2,5,9H2,1H3;1H. The van der Waals surface area contributed by atoms with E-state index in [4.69, 9.17) is 11.6 Å². The molecule has 1 atom stereocenters. The summed E-state index contributed by atoms with van der Waals surface area (Å²) in [4.78, 5) is 8.26. The number of nitrogens with one attached hydrogen (secondary N) is 1. The Morgan fingerprint density at radius 2 is 2.17 bits per heavy atom. The van der Waals surface area contributed by atoms with Crippen molar-refractivity contribution in [2.24, 2.45) is 7.05 Å². The van der Waals surface area contributed by atoms with Crippen molar-refractivity contribution in [3.63, 3.8) is 0 Å². The van der Waals surface area contributed by atoms with Crippen molar-refractivity contribution in [3.8, 4) is 0 Å². The number of aromatic nitrogens is 3. The fourth-order valence-corrected chi connectivity index (χ4v) is 4.38. The van der Waals surface area contributed by atoms with Gasteiger partial charge in [0.05, 0.1) is 11.1 Å². The molecule has 1 unspecified atom stereocenters. The molecule has 1 fully saturated rings. The summed E-state index contributed by atoms with van der Waals surface area (Å²) in [6.07, 6.45) is 6.19. The second-order valence-electron chi connectivity index (χ2n) is 5.07. The number of imidazole rings is 1. The number of nitrogens with zero attached hydrogens (tertiary/aromatic N) is 4. The number of hydrogen-bond acceptors (Lipinski definition) is 5. The molecule has 1 N–H and O–H groups in total. The molecule has 126 valence electrons. The molecule has 0 bridgehead atoms. The molecular weight excluding hydrogens is 361 g/mol. The molecule has 2 aromatic rings. The Morgan fingerprint density at radius 1 is 1.39 bits per heavy atom. The van der Waals surface area contributed by atoms with Gasteiger partial charge in [0.25, 0.3) is 0 Å². The van der Waals surface area contributed by atoms with Gasteiger partial charge in [-0.2, -0.15) is 4.31 Å². The third-order valence-electron chi connectivity index (χ3n) is 3.64. The van der Waals surface area contributed by atoms with Gasteiger partial charge in [0.1, 0.15) is 10.7 Å². The Bertz CT molecular complexity index is 780. The van der Waals surface area contributed by atoms with Crippen LogP contribution in [0.4, 0.5) is 0 Å². The third-order valence-corrected chi connectivity index (χ3v) is 5.72. The maximum Gasteiger partial charge on any atom is 0.245 e. The summed E-state index contributed by atoms with van der Waals surface area (Å²) in [6, 6.07) is 1.05. The van der Waals surface area contributed by atoms with Gasteiger partial charge in [0.2, 0.25) is 10.0 Å². The zero-order chi connectivity index (χ0) is 15.7. The zero-order valence-electron chi connectivity index (χ0n) is 12.4. The van der Waals surface area contributed by atoms with Crippen LogP contribution in [0.2, 0.25) is 5.02 Å². The lowest BCUT2D eigenvalue weighted by molar-refractivity contribution is 0.258. The summed E-state index contributed by atoms with van der Waals surface area (Å²) in [5.74, 6) is 0.700. The molecule has 23 heavy (non-hydrogen) atoms. The van der Waals surface area contributed by atoms with Gasteiger partial charge < -0.3 is 9.88 Å². The van der Waals surface area contributed by atoms with E-state index in [0.717, 1.165) is 0 Å². The SMILES string of the molecule is Cl.Cn1ccnc1C1CNCCN1S(=O)(=O)c1cncc(Cl)c1. The second kappa shape index (κ2) is 7.14. The minimum atomic E-state index is -3.68. The van der Waals surface area contributed by atoms with E-state index in [2.05, 4.69) is 15.3 Å². The predicted octanol–water partition coefficient (Wildman–Crippen LogP) is 1.23. The molecule has 0 saturated carbocycles. The molecule has 0 aromatic carbocycles. The van der Waals surface area contributed by atoms with Crippen LogP contribution in [0, 0.1) is 0 Å². The van der Waals surface area contributed by atoms with Gasteiger partial charge in [-0.1, -0.05) is 11.6 Å². The van der Waals surface area contributed by atoms with Crippen LogP contribution in [0.1, 0.15) is 11.9 Å². The smallest absolute Gasteiger partial charge is 0.245 e. The van der Waals surface area contributed by atoms with Crippen LogP contribution in [0.3, 0.4) is 0 Å². The summed E-state index contributed by atoms with van der Waals surface area (Å²) in [7, 11) is -1.83. The van der Waals surface area contributed by atoms with Gasteiger partial charge in [0, 0.05) is 51.5 Å². The van der Waals surface area contributed by atoms with Crippen molar-refractivity contribution in [1.29, 1.82) is 0 Å². The number of rotatable bonds is 3. The summed E-state index contributed by atoms with van der Waals surface area (Å²) >= 11 is 5.88. The summed E-state index contributed by atoms with van der Waals surface area (Å²) in [5, 5.41) is 3.51. The minimum absolute atomic E-state index is 0. The van der Waals surface area contributed by atoms with Crippen molar-refractivity contribution in [1.82, 2.24) is 24.2 Å². The molecule has 1 saturated heterocycles. The first kappa shape index (κ1) is 18.2. The summed E-state index contributed by atoms with van der Waals surface area (Å²) in [5.41, 5.74) is 0. The highest BCUT2D eigenvalue weighted by Crippen LogP contribution is 2.28. The van der Waals surface area contributed by atoms with Crippen molar-refractivity contribution in [2.45, 2.75) is 10.9 Å². The van der Waals surface area contributed by atoms with Gasteiger partial charge in [-0.15, -0.1) is 12.4 Å². The highest BCUT2D eigenvalue weighted by atomic mass is 35.5. The molecule has 1 aliphatic heterocycles. The van der Waals surface area contributed by atoms with E-state index in [-0.39, 0.29) is 23.3 Å². The molecule has 2 aromatic heterocycles. The lowest BCUT2D eigenvalue weighted by atomic mass is 10.2. The molecular formula is C13H17Cl2N5O2S. The quantitative estimate of drug-likeness (QED) is 0.869. The van der Waals surface area contributed by atoms with Crippen LogP contribution in [0.5, 0.6) is 0 Å². The average molecular weight is 378 g/mol. The average Bonchev–Trinajstić information content (AvgIpc) is 2.93. The number of hydrogen-bond donors (Lipinski definition) is 1. The molecule has 3 heterocycles. The first-order chi connectivity index (χ1) is 10.5. The first-order valence-electron chi connectivity index (χ1n) is 6.80. The molecule has 0 spiro atoms. The van der Waals surface area contributed by atoms with E-state index in [0.29, 0.717) is 30.5 Å².